The highest BCUT2D eigenvalue weighted by Gasteiger charge is 2.57. The summed E-state index contributed by atoms with van der Waals surface area (Å²) in [5.74, 6) is 1.55. The van der Waals surface area contributed by atoms with Crippen LogP contribution in [-0.4, -0.2) is 32.3 Å². The number of carbonyl (C=O) groups is 1. The van der Waals surface area contributed by atoms with Crippen molar-refractivity contribution in [2.24, 2.45) is 0 Å². The summed E-state index contributed by atoms with van der Waals surface area (Å²) < 4.78 is 10.8. The first kappa shape index (κ1) is 18.4. The molecule has 2 aromatic rings. The van der Waals surface area contributed by atoms with Crippen molar-refractivity contribution < 1.29 is 14.3 Å². The van der Waals surface area contributed by atoms with Crippen LogP contribution in [0.5, 0.6) is 11.5 Å². The van der Waals surface area contributed by atoms with Crippen molar-refractivity contribution in [2.45, 2.75) is 31.3 Å². The monoisotopic (exact) mass is 378 g/mol. The molecule has 0 spiro atoms. The largest absolute Gasteiger partial charge is 0.497 e. The van der Waals surface area contributed by atoms with Gasteiger partial charge in [-0.3, -0.25) is 4.79 Å². The normalized spacial score (nSPS) is 22.6. The molecule has 0 aromatic heterocycles. The number of para-hydroxylation sites is 1. The molecule has 0 bridgehead atoms. The first-order valence-corrected chi connectivity index (χ1v) is 9.52. The van der Waals surface area contributed by atoms with Crippen molar-refractivity contribution in [1.82, 2.24) is 5.32 Å². The summed E-state index contributed by atoms with van der Waals surface area (Å²) in [5.41, 5.74) is 2.43. The summed E-state index contributed by atoms with van der Waals surface area (Å²) in [6.45, 7) is 5.07. The molecule has 2 heterocycles. The summed E-state index contributed by atoms with van der Waals surface area (Å²) in [4.78, 5) is 14.8. The van der Waals surface area contributed by atoms with Crippen molar-refractivity contribution in [1.29, 1.82) is 0 Å². The lowest BCUT2D eigenvalue weighted by atomic mass is 9.74. The number of rotatable bonds is 4. The Bertz CT molecular complexity index is 951. The number of methoxy groups -OCH3 is 2. The van der Waals surface area contributed by atoms with Crippen molar-refractivity contribution in [3.05, 3.63) is 59.7 Å². The Kier molecular flexibility index (Phi) is 4.33. The molecule has 2 aliphatic rings. The molecule has 28 heavy (non-hydrogen) atoms. The van der Waals surface area contributed by atoms with E-state index in [1.54, 1.807) is 14.2 Å². The Labute approximate surface area is 165 Å². The minimum Gasteiger partial charge on any atom is -0.497 e. The van der Waals surface area contributed by atoms with Crippen LogP contribution < -0.4 is 19.7 Å². The third-order valence-corrected chi connectivity index (χ3v) is 6.08. The van der Waals surface area contributed by atoms with E-state index < -0.39 is 5.66 Å². The molecular formula is C23H26N2O3. The Hall–Kier alpha value is -2.95. The van der Waals surface area contributed by atoms with Gasteiger partial charge in [-0.15, -0.1) is 0 Å². The van der Waals surface area contributed by atoms with Gasteiger partial charge in [0.25, 0.3) is 0 Å². The molecule has 2 aromatic carbocycles. The molecule has 0 aliphatic carbocycles. The Morgan fingerprint density at radius 3 is 2.64 bits per heavy atom. The predicted octanol–water partition coefficient (Wildman–Crippen LogP) is 3.73. The van der Waals surface area contributed by atoms with Crippen molar-refractivity contribution in [2.75, 3.05) is 25.7 Å². The van der Waals surface area contributed by atoms with E-state index in [9.17, 15) is 4.79 Å². The molecule has 1 unspecified atom stereocenters. The number of hydrogen-bond acceptors (Lipinski definition) is 4. The minimum atomic E-state index is -0.628. The van der Waals surface area contributed by atoms with Crippen LogP contribution in [-0.2, 0) is 10.2 Å². The molecule has 146 valence electrons. The van der Waals surface area contributed by atoms with Gasteiger partial charge in [0.05, 0.1) is 14.2 Å². The average Bonchev–Trinajstić information content (AvgIpc) is 2.90. The van der Waals surface area contributed by atoms with Gasteiger partial charge in [0, 0.05) is 35.7 Å². The number of benzene rings is 2. The lowest BCUT2D eigenvalue weighted by Gasteiger charge is -2.49. The van der Waals surface area contributed by atoms with Gasteiger partial charge in [0.1, 0.15) is 17.2 Å². The van der Waals surface area contributed by atoms with Gasteiger partial charge in [0.2, 0.25) is 5.91 Å². The van der Waals surface area contributed by atoms with Gasteiger partial charge in [-0.25, -0.2) is 0 Å². The maximum atomic E-state index is 12.5. The molecular weight excluding hydrogens is 352 g/mol. The molecule has 1 N–H and O–H groups in total. The fraction of sp³-hybridized carbons (Fsp3) is 0.348. The number of fused-ring (bicyclic) bond motifs is 3. The fourth-order valence-electron chi connectivity index (χ4n) is 4.49. The summed E-state index contributed by atoms with van der Waals surface area (Å²) in [5, 5.41) is 3.29. The van der Waals surface area contributed by atoms with Crippen molar-refractivity contribution in [3.63, 3.8) is 0 Å². The van der Waals surface area contributed by atoms with Crippen LogP contribution in [0, 0.1) is 0 Å². The van der Waals surface area contributed by atoms with Crippen LogP contribution in [0.25, 0.3) is 6.08 Å². The van der Waals surface area contributed by atoms with Gasteiger partial charge in [-0.1, -0.05) is 38.1 Å². The Morgan fingerprint density at radius 1 is 1.11 bits per heavy atom. The van der Waals surface area contributed by atoms with Crippen molar-refractivity contribution >= 4 is 17.7 Å². The summed E-state index contributed by atoms with van der Waals surface area (Å²) in [6, 6.07) is 14.1. The van der Waals surface area contributed by atoms with E-state index >= 15 is 0 Å². The van der Waals surface area contributed by atoms with E-state index in [-0.39, 0.29) is 11.3 Å². The van der Waals surface area contributed by atoms with Gasteiger partial charge in [-0.2, -0.15) is 0 Å². The second-order valence-corrected chi connectivity index (χ2v) is 7.80. The second kappa shape index (κ2) is 6.59. The molecule has 5 nitrogen and oxygen atoms in total. The smallest absolute Gasteiger partial charge is 0.223 e. The molecule has 2 aliphatic heterocycles. The zero-order chi connectivity index (χ0) is 19.9. The third-order valence-electron chi connectivity index (χ3n) is 6.08. The minimum absolute atomic E-state index is 0.0727. The van der Waals surface area contributed by atoms with E-state index in [4.69, 9.17) is 9.47 Å². The number of ether oxygens (including phenoxy) is 2. The first-order chi connectivity index (χ1) is 13.4. The highest BCUT2D eigenvalue weighted by Crippen LogP contribution is 2.52. The average molecular weight is 378 g/mol. The Balaban J connectivity index is 1.82. The number of nitrogens with zero attached hydrogens (tertiary/aromatic N) is 1. The summed E-state index contributed by atoms with van der Waals surface area (Å²) >= 11 is 0. The number of hydrogen-bond donors (Lipinski definition) is 1. The molecule has 1 amide bonds. The maximum absolute atomic E-state index is 12.5. The predicted molar refractivity (Wildman–Crippen MR) is 111 cm³/mol. The zero-order valence-corrected chi connectivity index (χ0v) is 16.8. The van der Waals surface area contributed by atoms with E-state index in [0.29, 0.717) is 13.0 Å². The van der Waals surface area contributed by atoms with Gasteiger partial charge >= 0.3 is 0 Å². The van der Waals surface area contributed by atoms with E-state index in [2.05, 4.69) is 54.4 Å². The molecule has 4 rings (SSSR count). The van der Waals surface area contributed by atoms with Crippen LogP contribution >= 0.6 is 0 Å². The second-order valence-electron chi connectivity index (χ2n) is 7.80. The summed E-state index contributed by atoms with van der Waals surface area (Å²) in [7, 11) is 3.28. The molecule has 1 saturated heterocycles. The van der Waals surface area contributed by atoms with Crippen LogP contribution in [0.3, 0.4) is 0 Å². The SMILES string of the molecule is COc1ccc(/C=C/C23NC(=O)CCN2c2ccccc2C3(C)C)c(OC)c1. The van der Waals surface area contributed by atoms with Crippen molar-refractivity contribution in [3.8, 4) is 11.5 Å². The van der Waals surface area contributed by atoms with Crippen LogP contribution in [0.4, 0.5) is 5.69 Å². The topological polar surface area (TPSA) is 50.8 Å². The van der Waals surface area contributed by atoms with Crippen LogP contribution in [0.1, 0.15) is 31.4 Å². The van der Waals surface area contributed by atoms with Gasteiger partial charge in [-0.05, 0) is 29.8 Å². The zero-order valence-electron chi connectivity index (χ0n) is 16.8. The summed E-state index contributed by atoms with van der Waals surface area (Å²) in [6.07, 6.45) is 4.63. The van der Waals surface area contributed by atoms with Gasteiger partial charge in [0.15, 0.2) is 0 Å². The van der Waals surface area contributed by atoms with E-state index in [1.807, 2.05) is 24.3 Å². The lowest BCUT2D eigenvalue weighted by Crippen LogP contribution is -2.68. The Morgan fingerprint density at radius 2 is 1.89 bits per heavy atom. The van der Waals surface area contributed by atoms with E-state index in [1.165, 1.54) is 11.3 Å². The van der Waals surface area contributed by atoms with Crippen LogP contribution in [0.2, 0.25) is 0 Å². The molecule has 0 radical (unpaired) electrons. The fourth-order valence-corrected chi connectivity index (χ4v) is 4.49. The van der Waals surface area contributed by atoms with Gasteiger partial charge < -0.3 is 19.7 Å². The maximum Gasteiger partial charge on any atom is 0.223 e. The highest BCUT2D eigenvalue weighted by molar-refractivity contribution is 5.84. The highest BCUT2D eigenvalue weighted by atomic mass is 16.5. The quantitative estimate of drug-likeness (QED) is 0.881. The molecule has 1 atom stereocenters. The number of anilines is 1. The van der Waals surface area contributed by atoms with E-state index in [0.717, 1.165) is 17.1 Å². The lowest BCUT2D eigenvalue weighted by molar-refractivity contribution is -0.124. The number of carbonyl (C=O) groups excluding carboxylic acids is 1. The van der Waals surface area contributed by atoms with Crippen LogP contribution in [0.15, 0.2) is 48.5 Å². The molecule has 5 heteroatoms. The first-order valence-electron chi connectivity index (χ1n) is 9.52. The molecule has 0 saturated carbocycles. The number of nitrogens with one attached hydrogen (secondary N) is 1. The third kappa shape index (κ3) is 2.57. The number of amides is 1. The molecule has 1 fully saturated rings. The standard InChI is InChI=1S/C23H26N2O3/c1-22(2)18-7-5-6-8-19(18)25-14-12-21(26)24-23(22,25)13-11-16-9-10-17(27-3)15-20(16)28-4/h5-11,13,15H,12,14H2,1-4H3,(H,24,26)/b13-11+.